The van der Waals surface area contributed by atoms with Gasteiger partial charge in [-0.2, -0.15) is 5.10 Å². The van der Waals surface area contributed by atoms with Gasteiger partial charge in [0, 0.05) is 11.2 Å². The van der Waals surface area contributed by atoms with Gasteiger partial charge in [0.05, 0.1) is 5.69 Å². The van der Waals surface area contributed by atoms with Crippen molar-refractivity contribution in [3.63, 3.8) is 0 Å². The first-order valence-corrected chi connectivity index (χ1v) is 8.33. The zero-order valence-corrected chi connectivity index (χ0v) is 15.1. The number of rotatable bonds is 5. The molecule has 0 atom stereocenters. The molecule has 3 aromatic rings. The lowest BCUT2D eigenvalue weighted by Gasteiger charge is -2.09. The predicted molar refractivity (Wildman–Crippen MR) is 99.8 cm³/mol. The maximum Gasteiger partial charge on any atom is 0.276 e. The van der Waals surface area contributed by atoms with Gasteiger partial charge in [-0.25, -0.2) is 4.68 Å². The number of hydrogen-bond donors (Lipinski definition) is 2. The summed E-state index contributed by atoms with van der Waals surface area (Å²) in [6.45, 7) is 4.17. The lowest BCUT2D eigenvalue weighted by Crippen LogP contribution is -2.14. The summed E-state index contributed by atoms with van der Waals surface area (Å²) in [6.07, 6.45) is 1.65. The fourth-order valence-electron chi connectivity index (χ4n) is 2.45. The van der Waals surface area contributed by atoms with Crippen molar-refractivity contribution in [1.82, 2.24) is 9.78 Å². The average Bonchev–Trinajstić information content (AvgIpc) is 3.06. The molecule has 2 aromatic carbocycles. The van der Waals surface area contributed by atoms with E-state index in [2.05, 4.69) is 10.4 Å². The van der Waals surface area contributed by atoms with Gasteiger partial charge in [-0.1, -0.05) is 29.3 Å². The quantitative estimate of drug-likeness (QED) is 0.660. The van der Waals surface area contributed by atoms with Crippen LogP contribution in [0.4, 0.5) is 5.69 Å². The lowest BCUT2D eigenvalue weighted by atomic mass is 10.1. The topological polar surface area (TPSA) is 76.4 Å². The second kappa shape index (κ2) is 7.49. The molecular formula is C19H18ClN3O3. The van der Waals surface area contributed by atoms with Crippen LogP contribution in [0.5, 0.6) is 11.5 Å². The Balaban J connectivity index is 1.65. The van der Waals surface area contributed by atoms with Crippen molar-refractivity contribution < 1.29 is 14.6 Å². The molecule has 0 saturated carbocycles. The standard InChI is InChI=1S/C19H18ClN3O3/c1-12-3-6-18(13(2)9-12)26-11-23-8-7-15(22-23)19(25)21-16-10-14(20)4-5-17(16)24/h3-10,24H,11H2,1-2H3,(H,21,25). The first kappa shape index (κ1) is 17.8. The Morgan fingerprint density at radius 1 is 1.23 bits per heavy atom. The molecule has 1 amide bonds. The molecule has 7 heteroatoms. The van der Waals surface area contributed by atoms with Gasteiger partial charge in [-0.15, -0.1) is 0 Å². The minimum Gasteiger partial charge on any atom is -0.506 e. The highest BCUT2D eigenvalue weighted by Crippen LogP contribution is 2.26. The molecule has 6 nitrogen and oxygen atoms in total. The van der Waals surface area contributed by atoms with Crippen LogP contribution >= 0.6 is 11.6 Å². The van der Waals surface area contributed by atoms with Gasteiger partial charge in [-0.3, -0.25) is 4.79 Å². The minimum absolute atomic E-state index is 0.0691. The smallest absolute Gasteiger partial charge is 0.276 e. The normalized spacial score (nSPS) is 10.6. The second-order valence-electron chi connectivity index (χ2n) is 5.90. The molecular weight excluding hydrogens is 354 g/mol. The van der Waals surface area contributed by atoms with E-state index in [1.165, 1.54) is 22.9 Å². The number of phenolic OH excluding ortho intramolecular Hbond substituents is 1. The van der Waals surface area contributed by atoms with Crippen LogP contribution in [0.3, 0.4) is 0 Å². The third-order valence-corrected chi connectivity index (χ3v) is 4.00. The van der Waals surface area contributed by atoms with Gasteiger partial charge >= 0.3 is 0 Å². The van der Waals surface area contributed by atoms with E-state index in [-0.39, 0.29) is 23.9 Å². The van der Waals surface area contributed by atoms with E-state index in [1.54, 1.807) is 12.3 Å². The monoisotopic (exact) mass is 371 g/mol. The summed E-state index contributed by atoms with van der Waals surface area (Å²) in [5.74, 6) is 0.245. The molecule has 0 radical (unpaired) electrons. The lowest BCUT2D eigenvalue weighted by molar-refractivity contribution is 0.101. The van der Waals surface area contributed by atoms with E-state index in [0.717, 1.165) is 16.9 Å². The van der Waals surface area contributed by atoms with Gasteiger partial charge in [0.25, 0.3) is 5.91 Å². The molecule has 0 fully saturated rings. The second-order valence-corrected chi connectivity index (χ2v) is 6.33. The third-order valence-electron chi connectivity index (χ3n) is 3.76. The summed E-state index contributed by atoms with van der Waals surface area (Å²) in [5.41, 5.74) is 2.63. The first-order chi connectivity index (χ1) is 12.4. The summed E-state index contributed by atoms with van der Waals surface area (Å²) >= 11 is 5.87. The zero-order chi connectivity index (χ0) is 18.7. The average molecular weight is 372 g/mol. The van der Waals surface area contributed by atoms with Crippen molar-refractivity contribution in [3.8, 4) is 11.5 Å². The number of amides is 1. The molecule has 1 heterocycles. The maximum absolute atomic E-state index is 12.3. The third kappa shape index (κ3) is 4.15. The van der Waals surface area contributed by atoms with Crippen molar-refractivity contribution in [3.05, 3.63) is 70.5 Å². The Kier molecular flexibility index (Phi) is 5.14. The first-order valence-electron chi connectivity index (χ1n) is 7.96. The number of nitrogens with one attached hydrogen (secondary N) is 1. The Labute approximate surface area is 156 Å². The van der Waals surface area contributed by atoms with Crippen LogP contribution in [0.25, 0.3) is 0 Å². The number of aryl methyl sites for hydroxylation is 2. The molecule has 0 aliphatic carbocycles. The molecule has 26 heavy (non-hydrogen) atoms. The number of nitrogens with zero attached hydrogens (tertiary/aromatic N) is 2. The fraction of sp³-hybridized carbons (Fsp3) is 0.158. The van der Waals surface area contributed by atoms with Gasteiger partial charge < -0.3 is 15.2 Å². The van der Waals surface area contributed by atoms with Crippen molar-refractivity contribution in [2.24, 2.45) is 0 Å². The maximum atomic E-state index is 12.3. The van der Waals surface area contributed by atoms with E-state index in [0.29, 0.717) is 5.02 Å². The number of aromatic nitrogens is 2. The minimum atomic E-state index is -0.451. The molecule has 2 N–H and O–H groups in total. The Bertz CT molecular complexity index is 953. The zero-order valence-electron chi connectivity index (χ0n) is 14.4. The van der Waals surface area contributed by atoms with Crippen LogP contribution in [0.15, 0.2) is 48.7 Å². The van der Waals surface area contributed by atoms with E-state index < -0.39 is 5.91 Å². The molecule has 0 bridgehead atoms. The molecule has 1 aromatic heterocycles. The van der Waals surface area contributed by atoms with E-state index in [4.69, 9.17) is 16.3 Å². The SMILES string of the molecule is Cc1ccc(OCn2ccc(C(=O)Nc3cc(Cl)ccc3O)n2)c(C)c1. The number of hydrogen-bond acceptors (Lipinski definition) is 4. The highest BCUT2D eigenvalue weighted by atomic mass is 35.5. The summed E-state index contributed by atoms with van der Waals surface area (Å²) in [4.78, 5) is 12.3. The Morgan fingerprint density at radius 3 is 2.81 bits per heavy atom. The Hall–Kier alpha value is -2.99. The highest BCUT2D eigenvalue weighted by Gasteiger charge is 2.13. The number of halogens is 1. The van der Waals surface area contributed by atoms with Crippen molar-refractivity contribution in [2.45, 2.75) is 20.6 Å². The summed E-state index contributed by atoms with van der Waals surface area (Å²) < 4.78 is 7.26. The molecule has 134 valence electrons. The van der Waals surface area contributed by atoms with E-state index in [1.807, 2.05) is 32.0 Å². The molecule has 0 aliphatic heterocycles. The van der Waals surface area contributed by atoms with Crippen LogP contribution in [-0.2, 0) is 6.73 Å². The number of aromatic hydroxyl groups is 1. The number of ether oxygens (including phenoxy) is 1. The van der Waals surface area contributed by atoms with Crippen LogP contribution in [-0.4, -0.2) is 20.8 Å². The predicted octanol–water partition coefficient (Wildman–Crippen LogP) is 4.15. The van der Waals surface area contributed by atoms with Gasteiger partial charge in [0.1, 0.15) is 11.5 Å². The molecule has 0 aliphatic rings. The van der Waals surface area contributed by atoms with Crippen LogP contribution in [0.2, 0.25) is 5.02 Å². The molecule has 0 unspecified atom stereocenters. The Morgan fingerprint density at radius 2 is 2.04 bits per heavy atom. The van der Waals surface area contributed by atoms with Crippen molar-refractivity contribution in [2.75, 3.05) is 5.32 Å². The molecule has 0 spiro atoms. The molecule has 3 rings (SSSR count). The van der Waals surface area contributed by atoms with Crippen LogP contribution in [0.1, 0.15) is 21.6 Å². The van der Waals surface area contributed by atoms with Crippen molar-refractivity contribution in [1.29, 1.82) is 0 Å². The largest absolute Gasteiger partial charge is 0.506 e. The number of carbonyl (C=O) groups excluding carboxylic acids is 1. The van der Waals surface area contributed by atoms with Crippen LogP contribution < -0.4 is 10.1 Å². The summed E-state index contributed by atoms with van der Waals surface area (Å²) in [7, 11) is 0. The van der Waals surface area contributed by atoms with Gasteiger partial charge in [0.2, 0.25) is 0 Å². The molecule has 0 saturated heterocycles. The fourth-order valence-corrected chi connectivity index (χ4v) is 2.62. The van der Waals surface area contributed by atoms with Gasteiger partial charge in [0.15, 0.2) is 12.4 Å². The highest BCUT2D eigenvalue weighted by molar-refractivity contribution is 6.31. The number of carbonyl (C=O) groups is 1. The summed E-state index contributed by atoms with van der Waals surface area (Å²) in [5, 5.41) is 16.9. The summed E-state index contributed by atoms with van der Waals surface area (Å²) in [6, 6.07) is 11.9. The number of benzene rings is 2. The van der Waals surface area contributed by atoms with Crippen LogP contribution in [0, 0.1) is 13.8 Å². The van der Waals surface area contributed by atoms with Crippen molar-refractivity contribution >= 4 is 23.2 Å². The van der Waals surface area contributed by atoms with E-state index in [9.17, 15) is 9.90 Å². The van der Waals surface area contributed by atoms with Gasteiger partial charge in [-0.05, 0) is 49.7 Å². The number of anilines is 1. The number of phenols is 1. The van der Waals surface area contributed by atoms with E-state index >= 15 is 0 Å².